The van der Waals surface area contributed by atoms with Crippen LogP contribution in [0.15, 0.2) is 35.7 Å². The third-order valence-corrected chi connectivity index (χ3v) is 6.48. The summed E-state index contributed by atoms with van der Waals surface area (Å²) in [6, 6.07) is 7.81. The largest absolute Gasteiger partial charge is 0.491 e. The number of aliphatic hydroxyl groups is 1. The lowest BCUT2D eigenvalue weighted by molar-refractivity contribution is -0.136. The van der Waals surface area contributed by atoms with Crippen LogP contribution >= 0.6 is 11.3 Å². The van der Waals surface area contributed by atoms with Crippen LogP contribution in [0.3, 0.4) is 0 Å². The van der Waals surface area contributed by atoms with E-state index in [1.165, 1.54) is 17.0 Å². The van der Waals surface area contributed by atoms with E-state index < -0.39 is 6.10 Å². The molecular weight excluding hydrogens is 443 g/mol. The highest BCUT2D eigenvalue weighted by Gasteiger charge is 2.33. The molecule has 2 atom stereocenters. The fourth-order valence-corrected chi connectivity index (χ4v) is 4.97. The van der Waals surface area contributed by atoms with Crippen molar-refractivity contribution in [2.24, 2.45) is 0 Å². The fraction of sp³-hybridized carbons (Fsp3) is 0.480. The van der Waals surface area contributed by atoms with E-state index in [0.717, 1.165) is 18.4 Å². The zero-order chi connectivity index (χ0) is 23.6. The summed E-state index contributed by atoms with van der Waals surface area (Å²) < 4.78 is 24.7. The van der Waals surface area contributed by atoms with Crippen molar-refractivity contribution in [3.8, 4) is 18.1 Å². The summed E-state index contributed by atoms with van der Waals surface area (Å²) in [4.78, 5) is 18.4. The van der Waals surface area contributed by atoms with Crippen molar-refractivity contribution in [3.05, 3.63) is 52.0 Å². The molecule has 0 fully saturated rings. The molecule has 0 radical (unpaired) electrons. The first-order valence-corrected chi connectivity index (χ1v) is 12.1. The molecular formula is C25H31FN2O4S. The van der Waals surface area contributed by atoms with Gasteiger partial charge in [0.05, 0.1) is 25.3 Å². The van der Waals surface area contributed by atoms with E-state index in [-0.39, 0.29) is 44.1 Å². The van der Waals surface area contributed by atoms with Crippen LogP contribution in [0.4, 0.5) is 4.39 Å². The van der Waals surface area contributed by atoms with Crippen LogP contribution in [0, 0.1) is 18.2 Å². The second-order valence-electron chi connectivity index (χ2n) is 8.03. The van der Waals surface area contributed by atoms with Gasteiger partial charge < -0.3 is 19.5 Å². The molecule has 1 amide bonds. The van der Waals surface area contributed by atoms with Crippen LogP contribution in [-0.2, 0) is 16.0 Å². The van der Waals surface area contributed by atoms with E-state index in [0.29, 0.717) is 25.4 Å². The van der Waals surface area contributed by atoms with Crippen molar-refractivity contribution < 1.29 is 23.8 Å². The topological polar surface area (TPSA) is 62.2 Å². The number of thiophene rings is 1. The second-order valence-corrected chi connectivity index (χ2v) is 9.03. The Morgan fingerprint density at radius 2 is 2.30 bits per heavy atom. The van der Waals surface area contributed by atoms with Gasteiger partial charge in [0.15, 0.2) is 0 Å². The summed E-state index contributed by atoms with van der Waals surface area (Å²) in [6.07, 6.45) is 6.10. The predicted molar refractivity (Wildman–Crippen MR) is 127 cm³/mol. The average molecular weight is 475 g/mol. The molecule has 1 aromatic heterocycles. The smallest absolute Gasteiger partial charge is 0.237 e. The average Bonchev–Trinajstić information content (AvgIpc) is 3.27. The molecule has 0 saturated heterocycles. The molecule has 1 aliphatic heterocycles. The highest BCUT2D eigenvalue weighted by atomic mass is 32.1. The van der Waals surface area contributed by atoms with Gasteiger partial charge in [-0.2, -0.15) is 0 Å². The van der Waals surface area contributed by atoms with Crippen molar-refractivity contribution in [1.82, 2.24) is 9.80 Å². The maximum absolute atomic E-state index is 13.6. The number of hydrogen-bond donors (Lipinski definition) is 1. The molecule has 6 nitrogen and oxygen atoms in total. The SMILES string of the molecule is C#CCOC[C@H](O)CN(CCC)CC(=O)N1CCc2sccc2[C@H]1COc1cccc(F)c1. The van der Waals surface area contributed by atoms with Gasteiger partial charge in [-0.25, -0.2) is 4.39 Å². The van der Waals surface area contributed by atoms with Crippen LogP contribution in [0.1, 0.15) is 29.8 Å². The normalized spacial score (nSPS) is 16.3. The summed E-state index contributed by atoms with van der Waals surface area (Å²) in [7, 11) is 0. The van der Waals surface area contributed by atoms with Gasteiger partial charge in [0.1, 0.15) is 24.8 Å². The predicted octanol–water partition coefficient (Wildman–Crippen LogP) is 3.11. The van der Waals surface area contributed by atoms with Gasteiger partial charge in [-0.1, -0.05) is 18.9 Å². The second kappa shape index (κ2) is 12.7. The number of halogens is 1. The number of fused-ring (bicyclic) bond motifs is 1. The maximum Gasteiger partial charge on any atom is 0.237 e. The molecule has 1 aromatic carbocycles. The van der Waals surface area contributed by atoms with Crippen molar-refractivity contribution in [1.29, 1.82) is 0 Å². The Labute approximate surface area is 198 Å². The van der Waals surface area contributed by atoms with E-state index in [4.69, 9.17) is 15.9 Å². The molecule has 0 spiro atoms. The zero-order valence-electron chi connectivity index (χ0n) is 18.9. The third kappa shape index (κ3) is 7.27. The first kappa shape index (κ1) is 25.2. The Morgan fingerprint density at radius 1 is 1.45 bits per heavy atom. The van der Waals surface area contributed by atoms with E-state index in [1.807, 2.05) is 28.2 Å². The Balaban J connectivity index is 1.67. The molecule has 0 aliphatic carbocycles. The van der Waals surface area contributed by atoms with Gasteiger partial charge in [0.25, 0.3) is 0 Å². The lowest BCUT2D eigenvalue weighted by Crippen LogP contribution is -2.48. The molecule has 3 rings (SSSR count). The molecule has 1 N–H and O–H groups in total. The summed E-state index contributed by atoms with van der Waals surface area (Å²) in [5, 5.41) is 12.3. The molecule has 2 heterocycles. The third-order valence-electron chi connectivity index (χ3n) is 5.48. The number of nitrogens with zero attached hydrogens (tertiary/aromatic N) is 2. The van der Waals surface area contributed by atoms with Gasteiger partial charge >= 0.3 is 0 Å². The summed E-state index contributed by atoms with van der Waals surface area (Å²) in [5.41, 5.74) is 1.08. The lowest BCUT2D eigenvalue weighted by Gasteiger charge is -2.37. The molecule has 0 unspecified atom stereocenters. The highest BCUT2D eigenvalue weighted by Crippen LogP contribution is 2.34. The van der Waals surface area contributed by atoms with Crippen molar-refractivity contribution >= 4 is 17.2 Å². The molecule has 0 bridgehead atoms. The minimum Gasteiger partial charge on any atom is -0.491 e. The van der Waals surface area contributed by atoms with Crippen LogP contribution in [0.5, 0.6) is 5.75 Å². The zero-order valence-corrected chi connectivity index (χ0v) is 19.7. The van der Waals surface area contributed by atoms with Gasteiger partial charge in [0.2, 0.25) is 5.91 Å². The Bertz CT molecular complexity index is 944. The maximum atomic E-state index is 13.6. The van der Waals surface area contributed by atoms with Crippen molar-refractivity contribution in [2.75, 3.05) is 46.0 Å². The highest BCUT2D eigenvalue weighted by molar-refractivity contribution is 7.10. The molecule has 33 heavy (non-hydrogen) atoms. The molecule has 178 valence electrons. The van der Waals surface area contributed by atoms with Crippen LogP contribution in [-0.4, -0.2) is 72.9 Å². The summed E-state index contributed by atoms with van der Waals surface area (Å²) >= 11 is 1.68. The molecule has 2 aromatic rings. The van der Waals surface area contributed by atoms with E-state index >= 15 is 0 Å². The van der Waals surface area contributed by atoms with Gasteiger partial charge in [0, 0.05) is 24.0 Å². The summed E-state index contributed by atoms with van der Waals surface area (Å²) in [5.74, 6) is 2.43. The number of terminal acetylenes is 1. The molecule has 1 aliphatic rings. The Hall–Kier alpha value is -2.44. The summed E-state index contributed by atoms with van der Waals surface area (Å²) in [6.45, 7) is 4.35. The van der Waals surface area contributed by atoms with Gasteiger partial charge in [-0.3, -0.25) is 9.69 Å². The number of rotatable bonds is 12. The number of hydrogen-bond acceptors (Lipinski definition) is 6. The number of benzene rings is 1. The number of aliphatic hydroxyl groups excluding tert-OH is 1. The number of carbonyl (C=O) groups is 1. The number of carbonyl (C=O) groups excluding carboxylic acids is 1. The van der Waals surface area contributed by atoms with E-state index in [1.54, 1.807) is 23.5 Å². The van der Waals surface area contributed by atoms with Crippen LogP contribution < -0.4 is 4.74 Å². The standard InChI is InChI=1S/C25H31FN2O4S/c1-3-10-27(15-20(29)17-31-12-4-2)16-25(30)28-11-8-24-22(9-13-33-24)23(28)18-32-21-7-5-6-19(26)14-21/h2,5-7,9,13-14,20,23,29H,3,8,10-12,15-18H2,1H3/t20-,23-/m1/s1. The quantitative estimate of drug-likeness (QED) is 0.378. The first-order valence-electron chi connectivity index (χ1n) is 11.2. The van der Waals surface area contributed by atoms with Crippen molar-refractivity contribution in [3.63, 3.8) is 0 Å². The monoisotopic (exact) mass is 474 g/mol. The van der Waals surface area contributed by atoms with E-state index in [9.17, 15) is 14.3 Å². The van der Waals surface area contributed by atoms with E-state index in [2.05, 4.69) is 5.92 Å². The minimum absolute atomic E-state index is 0.0233. The molecule has 8 heteroatoms. The van der Waals surface area contributed by atoms with Gasteiger partial charge in [-0.15, -0.1) is 17.8 Å². The fourth-order valence-electron chi connectivity index (χ4n) is 4.04. The number of amides is 1. The van der Waals surface area contributed by atoms with Crippen LogP contribution in [0.25, 0.3) is 0 Å². The Kier molecular flexibility index (Phi) is 9.70. The Morgan fingerprint density at radius 3 is 3.06 bits per heavy atom. The van der Waals surface area contributed by atoms with Gasteiger partial charge in [-0.05, 0) is 48.5 Å². The van der Waals surface area contributed by atoms with Crippen molar-refractivity contribution in [2.45, 2.75) is 31.9 Å². The first-order chi connectivity index (χ1) is 16.0. The molecule has 0 saturated carbocycles. The lowest BCUT2D eigenvalue weighted by atomic mass is 10.0. The minimum atomic E-state index is -0.727. The van der Waals surface area contributed by atoms with Crippen LogP contribution in [0.2, 0.25) is 0 Å². The number of ether oxygens (including phenoxy) is 2.